The Labute approximate surface area is 83.3 Å². The number of nitrogens with two attached hydrogens (primary N) is 1. The van der Waals surface area contributed by atoms with Gasteiger partial charge in [0, 0.05) is 5.56 Å². The molecule has 1 atom stereocenters. The fourth-order valence-electron chi connectivity index (χ4n) is 1.24. The largest absolute Gasteiger partial charge is 0.505 e. The molecule has 0 radical (unpaired) electrons. The molecule has 6 heteroatoms. The van der Waals surface area contributed by atoms with Gasteiger partial charge in [-0.15, -0.1) is 0 Å². The van der Waals surface area contributed by atoms with Crippen molar-refractivity contribution >= 4 is 0 Å². The van der Waals surface area contributed by atoms with E-state index in [1.165, 1.54) is 6.92 Å². The van der Waals surface area contributed by atoms with E-state index >= 15 is 0 Å². The molecular weight excluding hydrogens is 214 g/mol. The van der Waals surface area contributed by atoms with Gasteiger partial charge in [0.2, 0.25) is 0 Å². The first-order chi connectivity index (χ1) is 6.75. The van der Waals surface area contributed by atoms with E-state index in [1.807, 2.05) is 0 Å². The summed E-state index contributed by atoms with van der Waals surface area (Å²) in [6.07, 6.45) is -4.71. The topological polar surface area (TPSA) is 46.2 Å². The third kappa shape index (κ3) is 2.20. The van der Waals surface area contributed by atoms with Crippen LogP contribution in [-0.2, 0) is 0 Å². The fourth-order valence-corrected chi connectivity index (χ4v) is 1.24. The van der Waals surface area contributed by atoms with Crippen LogP contribution in [0.3, 0.4) is 0 Å². The summed E-state index contributed by atoms with van der Waals surface area (Å²) in [5, 5.41) is 9.16. The number of rotatable bonds is 1. The van der Waals surface area contributed by atoms with Crippen LogP contribution in [0.4, 0.5) is 17.6 Å². The molecule has 0 saturated heterocycles. The zero-order valence-electron chi connectivity index (χ0n) is 7.77. The Morgan fingerprint density at radius 2 is 1.87 bits per heavy atom. The van der Waals surface area contributed by atoms with Gasteiger partial charge >= 0.3 is 6.18 Å². The number of phenolic OH excluding ortho intramolecular Hbond substituents is 1. The van der Waals surface area contributed by atoms with Gasteiger partial charge < -0.3 is 10.8 Å². The fraction of sp³-hybridized carbons (Fsp3) is 0.333. The van der Waals surface area contributed by atoms with E-state index < -0.39 is 29.3 Å². The molecule has 1 rings (SSSR count). The standard InChI is InChI=1S/C9H9F4NO/c1-4-2-3-5(10)7(15)6(4)8(14)9(11,12)13/h2-3,8,15H,14H2,1H3/t8-/m0/s1. The predicted molar refractivity (Wildman–Crippen MR) is 45.8 cm³/mol. The molecule has 0 unspecified atom stereocenters. The number of aryl methyl sites for hydroxylation is 1. The summed E-state index contributed by atoms with van der Waals surface area (Å²) < 4.78 is 49.6. The molecule has 1 aromatic carbocycles. The van der Waals surface area contributed by atoms with Crippen molar-refractivity contribution in [1.29, 1.82) is 0 Å². The summed E-state index contributed by atoms with van der Waals surface area (Å²) in [5.74, 6) is -2.16. The van der Waals surface area contributed by atoms with Crippen molar-refractivity contribution in [2.75, 3.05) is 0 Å². The molecule has 0 aliphatic heterocycles. The highest BCUT2D eigenvalue weighted by molar-refractivity contribution is 5.42. The Balaban J connectivity index is 3.31. The van der Waals surface area contributed by atoms with Gasteiger partial charge in [-0.3, -0.25) is 0 Å². The van der Waals surface area contributed by atoms with Crippen LogP contribution in [0.5, 0.6) is 5.75 Å². The molecule has 84 valence electrons. The molecule has 0 heterocycles. The van der Waals surface area contributed by atoms with Crippen molar-refractivity contribution < 1.29 is 22.7 Å². The van der Waals surface area contributed by atoms with Crippen LogP contribution < -0.4 is 5.73 Å². The lowest BCUT2D eigenvalue weighted by Crippen LogP contribution is -2.29. The van der Waals surface area contributed by atoms with Gasteiger partial charge in [-0.25, -0.2) is 4.39 Å². The maximum Gasteiger partial charge on any atom is 0.407 e. The summed E-state index contributed by atoms with van der Waals surface area (Å²) in [4.78, 5) is 0. The molecule has 0 bridgehead atoms. The second-order valence-corrected chi connectivity index (χ2v) is 3.15. The van der Waals surface area contributed by atoms with Gasteiger partial charge in [0.15, 0.2) is 11.6 Å². The minimum absolute atomic E-state index is 0.0960. The summed E-state index contributed by atoms with van der Waals surface area (Å²) in [6.45, 7) is 1.32. The van der Waals surface area contributed by atoms with Crippen molar-refractivity contribution in [3.05, 3.63) is 29.1 Å². The molecule has 0 aliphatic rings. The minimum atomic E-state index is -4.71. The van der Waals surface area contributed by atoms with Crippen LogP contribution in [0.15, 0.2) is 12.1 Å². The van der Waals surface area contributed by atoms with Gasteiger partial charge in [0.1, 0.15) is 6.04 Å². The molecule has 3 N–H and O–H groups in total. The number of aromatic hydroxyl groups is 1. The molecule has 15 heavy (non-hydrogen) atoms. The molecule has 0 saturated carbocycles. The zero-order chi connectivity index (χ0) is 11.8. The molecule has 0 aromatic heterocycles. The minimum Gasteiger partial charge on any atom is -0.505 e. The first-order valence-corrected chi connectivity index (χ1v) is 4.05. The average Bonchev–Trinajstić information content (AvgIpc) is 2.10. The molecule has 1 aromatic rings. The Morgan fingerprint density at radius 1 is 1.33 bits per heavy atom. The number of halogens is 4. The van der Waals surface area contributed by atoms with Crippen molar-refractivity contribution in [2.24, 2.45) is 5.73 Å². The Hall–Kier alpha value is -1.30. The van der Waals surface area contributed by atoms with E-state index in [9.17, 15) is 17.6 Å². The Morgan fingerprint density at radius 3 is 2.33 bits per heavy atom. The molecule has 0 aliphatic carbocycles. The second-order valence-electron chi connectivity index (χ2n) is 3.15. The van der Waals surface area contributed by atoms with Gasteiger partial charge in [-0.05, 0) is 18.6 Å². The second kappa shape index (κ2) is 3.69. The normalized spacial score (nSPS) is 14.0. The highest BCUT2D eigenvalue weighted by Crippen LogP contribution is 2.37. The van der Waals surface area contributed by atoms with Crippen molar-refractivity contribution in [2.45, 2.75) is 19.1 Å². The predicted octanol–water partition coefficient (Wildman–Crippen LogP) is 2.40. The van der Waals surface area contributed by atoms with Crippen LogP contribution in [-0.4, -0.2) is 11.3 Å². The third-order valence-corrected chi connectivity index (χ3v) is 2.05. The quantitative estimate of drug-likeness (QED) is 0.718. The van der Waals surface area contributed by atoms with Crippen LogP contribution >= 0.6 is 0 Å². The smallest absolute Gasteiger partial charge is 0.407 e. The van der Waals surface area contributed by atoms with Crippen molar-refractivity contribution in [3.8, 4) is 5.75 Å². The SMILES string of the molecule is Cc1ccc(F)c(O)c1[C@H](N)C(F)(F)F. The zero-order valence-corrected chi connectivity index (χ0v) is 7.77. The molecule has 2 nitrogen and oxygen atoms in total. The van der Waals surface area contributed by atoms with Crippen molar-refractivity contribution in [3.63, 3.8) is 0 Å². The highest BCUT2D eigenvalue weighted by Gasteiger charge is 2.40. The first-order valence-electron chi connectivity index (χ1n) is 4.05. The lowest BCUT2D eigenvalue weighted by atomic mass is 10.00. The monoisotopic (exact) mass is 223 g/mol. The lowest BCUT2D eigenvalue weighted by Gasteiger charge is -2.19. The van der Waals surface area contributed by atoms with Crippen LogP contribution in [0.1, 0.15) is 17.2 Å². The summed E-state index contributed by atoms with van der Waals surface area (Å²) in [6, 6.07) is -0.360. The van der Waals surface area contributed by atoms with Gasteiger partial charge in [0.25, 0.3) is 0 Å². The van der Waals surface area contributed by atoms with Gasteiger partial charge in [0.05, 0.1) is 0 Å². The average molecular weight is 223 g/mol. The van der Waals surface area contributed by atoms with Gasteiger partial charge in [-0.1, -0.05) is 6.07 Å². The van der Waals surface area contributed by atoms with Crippen molar-refractivity contribution in [1.82, 2.24) is 0 Å². The first kappa shape index (κ1) is 11.8. The summed E-state index contributed by atoms with van der Waals surface area (Å²) in [7, 11) is 0. The van der Waals surface area contributed by atoms with E-state index in [2.05, 4.69) is 0 Å². The highest BCUT2D eigenvalue weighted by atomic mass is 19.4. The number of phenols is 1. The maximum atomic E-state index is 12.8. The van der Waals surface area contributed by atoms with Gasteiger partial charge in [-0.2, -0.15) is 13.2 Å². The molecule has 0 amide bonds. The maximum absolute atomic E-state index is 12.8. The Bertz CT molecular complexity index is 375. The van der Waals surface area contributed by atoms with E-state index in [4.69, 9.17) is 10.8 Å². The van der Waals surface area contributed by atoms with E-state index in [0.29, 0.717) is 0 Å². The molecule has 0 spiro atoms. The van der Waals surface area contributed by atoms with Crippen LogP contribution in [0.25, 0.3) is 0 Å². The van der Waals surface area contributed by atoms with E-state index in [0.717, 1.165) is 12.1 Å². The third-order valence-electron chi connectivity index (χ3n) is 2.05. The molecule has 0 fully saturated rings. The summed E-state index contributed by atoms with van der Waals surface area (Å²) in [5.41, 5.74) is 4.36. The number of hydrogen-bond acceptors (Lipinski definition) is 2. The van der Waals surface area contributed by atoms with Crippen LogP contribution in [0.2, 0.25) is 0 Å². The summed E-state index contributed by atoms with van der Waals surface area (Å²) >= 11 is 0. The van der Waals surface area contributed by atoms with E-state index in [-0.39, 0.29) is 5.56 Å². The van der Waals surface area contributed by atoms with E-state index in [1.54, 1.807) is 0 Å². The molecular formula is C9H9F4NO. The lowest BCUT2D eigenvalue weighted by molar-refractivity contribution is -0.149. The number of hydrogen-bond donors (Lipinski definition) is 2. The number of benzene rings is 1. The Kier molecular flexibility index (Phi) is 2.90. The van der Waals surface area contributed by atoms with Crippen LogP contribution in [0, 0.1) is 12.7 Å². The number of alkyl halides is 3.